The Balaban J connectivity index is 0.000000849. The molecular weight excluding hydrogens is 365 g/mol. The second-order valence-corrected chi connectivity index (χ2v) is 5.55. The van der Waals surface area contributed by atoms with Gasteiger partial charge in [0.15, 0.2) is 0 Å². The Morgan fingerprint density at radius 2 is 1.83 bits per heavy atom. The molecule has 1 aliphatic rings. The molecule has 0 saturated heterocycles. The van der Waals surface area contributed by atoms with Gasteiger partial charge in [-0.2, -0.15) is 0 Å². The summed E-state index contributed by atoms with van der Waals surface area (Å²) in [7, 11) is 0. The van der Waals surface area contributed by atoms with Gasteiger partial charge >= 0.3 is 0 Å². The van der Waals surface area contributed by atoms with E-state index in [0.717, 1.165) is 31.2 Å². The van der Waals surface area contributed by atoms with E-state index in [0.29, 0.717) is 17.8 Å². The van der Waals surface area contributed by atoms with E-state index in [9.17, 15) is 9.59 Å². The molecule has 23 heavy (non-hydrogen) atoms. The molecule has 1 aliphatic carbocycles. The van der Waals surface area contributed by atoms with E-state index in [1.807, 2.05) is 38.1 Å². The summed E-state index contributed by atoms with van der Waals surface area (Å²) in [6, 6.07) is 7.42. The van der Waals surface area contributed by atoms with Crippen molar-refractivity contribution in [1.82, 2.24) is 9.55 Å². The summed E-state index contributed by atoms with van der Waals surface area (Å²) in [6.07, 6.45) is 7.49. The van der Waals surface area contributed by atoms with Gasteiger partial charge < -0.3 is 4.79 Å². The van der Waals surface area contributed by atoms with Crippen molar-refractivity contribution in [2.24, 2.45) is 11.8 Å². The normalized spacial score (nSPS) is 20.1. The first-order chi connectivity index (χ1) is 10.8. The fraction of sp³-hybridized carbons (Fsp3) is 0.500. The molecule has 2 aromatic rings. The van der Waals surface area contributed by atoms with Crippen LogP contribution in [0.1, 0.15) is 39.5 Å². The van der Waals surface area contributed by atoms with E-state index in [1.54, 1.807) is 10.9 Å². The minimum Gasteiger partial charge on any atom is -0.542 e. The van der Waals surface area contributed by atoms with E-state index < -0.39 is 0 Å². The quantitative estimate of drug-likeness (QED) is 0.758. The van der Waals surface area contributed by atoms with Crippen LogP contribution in [0.25, 0.3) is 10.9 Å². The third kappa shape index (κ3) is 5.05. The molecule has 1 saturated carbocycles. The first kappa shape index (κ1) is 20.2. The second-order valence-electron chi connectivity index (χ2n) is 5.55. The first-order valence-corrected chi connectivity index (χ1v) is 8.10. The molecule has 1 heterocycles. The standard InChI is InChI=1S/C16H17N2O2.C2H6.Y/c19-10-13-7-5-12(6-8-13)9-18-11-17-15-4-2-1-3-14(15)16(18)20;1-2;/h1-4,11-13H,5-9H2;1-2H3;/q-1;;. The van der Waals surface area contributed by atoms with Crippen molar-refractivity contribution < 1.29 is 37.5 Å². The number of benzene rings is 1. The molecule has 1 radical (unpaired) electrons. The summed E-state index contributed by atoms with van der Waals surface area (Å²) in [4.78, 5) is 27.4. The summed E-state index contributed by atoms with van der Waals surface area (Å²) in [5.41, 5.74) is 0.771. The predicted molar refractivity (Wildman–Crippen MR) is 88.5 cm³/mol. The fourth-order valence-electron chi connectivity index (χ4n) is 2.98. The monoisotopic (exact) mass is 388 g/mol. The third-order valence-electron chi connectivity index (χ3n) is 4.20. The minimum absolute atomic E-state index is 0. The predicted octanol–water partition coefficient (Wildman–Crippen LogP) is 3.34. The van der Waals surface area contributed by atoms with Crippen LogP contribution in [0.2, 0.25) is 0 Å². The Labute approximate surface area is 162 Å². The zero-order chi connectivity index (χ0) is 15.9. The van der Waals surface area contributed by atoms with Crippen LogP contribution in [-0.4, -0.2) is 15.8 Å². The van der Waals surface area contributed by atoms with Crippen molar-refractivity contribution in [3.63, 3.8) is 0 Å². The molecule has 0 aliphatic heterocycles. The number of hydrogen-bond donors (Lipinski definition) is 0. The Morgan fingerprint density at radius 3 is 2.48 bits per heavy atom. The van der Waals surface area contributed by atoms with Crippen LogP contribution < -0.4 is 5.56 Å². The van der Waals surface area contributed by atoms with Gasteiger partial charge in [0.05, 0.1) is 17.2 Å². The molecular formula is C18H23N2O2Y-. The van der Waals surface area contributed by atoms with Gasteiger partial charge in [-0.05, 0) is 18.1 Å². The van der Waals surface area contributed by atoms with Crippen molar-refractivity contribution >= 4 is 17.2 Å². The Morgan fingerprint density at radius 1 is 1.17 bits per heavy atom. The largest absolute Gasteiger partial charge is 0.542 e. The number of nitrogens with zero attached hydrogens (tertiary/aromatic N) is 2. The van der Waals surface area contributed by atoms with Gasteiger partial charge in [0.25, 0.3) is 5.56 Å². The van der Waals surface area contributed by atoms with Crippen LogP contribution >= 0.6 is 0 Å². The number of aromatic nitrogens is 2. The molecule has 0 atom stereocenters. The summed E-state index contributed by atoms with van der Waals surface area (Å²) in [5.74, 6) is 0.554. The maximum Gasteiger partial charge on any atom is 0.261 e. The van der Waals surface area contributed by atoms with Gasteiger partial charge in [0, 0.05) is 39.3 Å². The Hall–Kier alpha value is -0.866. The average molecular weight is 388 g/mol. The van der Waals surface area contributed by atoms with Gasteiger partial charge in [-0.3, -0.25) is 15.6 Å². The zero-order valence-electron chi connectivity index (χ0n) is 13.9. The van der Waals surface area contributed by atoms with Gasteiger partial charge in [-0.15, -0.1) is 5.92 Å². The summed E-state index contributed by atoms with van der Waals surface area (Å²) in [5, 5.41) is 0.671. The molecule has 3 rings (SSSR count). The van der Waals surface area contributed by atoms with E-state index in [1.165, 1.54) is 0 Å². The Kier molecular flexibility index (Phi) is 8.86. The van der Waals surface area contributed by atoms with Gasteiger partial charge in [0.1, 0.15) is 0 Å². The average Bonchev–Trinajstić information content (AvgIpc) is 2.60. The minimum atomic E-state index is 0. The van der Waals surface area contributed by atoms with Crippen molar-refractivity contribution in [3.05, 3.63) is 40.9 Å². The first-order valence-electron chi connectivity index (χ1n) is 8.10. The van der Waals surface area contributed by atoms with E-state index >= 15 is 0 Å². The molecule has 0 unspecified atom stereocenters. The smallest absolute Gasteiger partial charge is 0.261 e. The number of rotatable bonds is 3. The van der Waals surface area contributed by atoms with Crippen molar-refractivity contribution in [2.45, 2.75) is 46.1 Å². The maximum atomic E-state index is 12.4. The maximum absolute atomic E-state index is 12.4. The number of fused-ring (bicyclic) bond motifs is 1. The SMILES string of the molecule is CC.O=[C-]C1CCC(Cn2cnc3ccccc3c2=O)CC1.[Y]. The van der Waals surface area contributed by atoms with E-state index in [2.05, 4.69) is 11.3 Å². The molecule has 1 aromatic carbocycles. The zero-order valence-corrected chi connectivity index (χ0v) is 16.7. The molecule has 1 fully saturated rings. The molecule has 5 heteroatoms. The molecule has 0 spiro atoms. The van der Waals surface area contributed by atoms with E-state index in [4.69, 9.17) is 0 Å². The van der Waals surface area contributed by atoms with Crippen LogP contribution in [0.15, 0.2) is 35.4 Å². The summed E-state index contributed by atoms with van der Waals surface area (Å²) >= 11 is 0. The molecule has 1 aromatic heterocycles. The molecule has 0 N–H and O–H groups in total. The van der Waals surface area contributed by atoms with Gasteiger partial charge in [-0.25, -0.2) is 4.98 Å². The van der Waals surface area contributed by atoms with Crippen molar-refractivity contribution in [3.8, 4) is 0 Å². The van der Waals surface area contributed by atoms with Gasteiger partial charge in [-0.1, -0.05) is 51.7 Å². The van der Waals surface area contributed by atoms with Crippen LogP contribution in [0, 0.1) is 11.8 Å². The van der Waals surface area contributed by atoms with Crippen molar-refractivity contribution in [1.29, 1.82) is 0 Å². The molecule has 4 nitrogen and oxygen atoms in total. The van der Waals surface area contributed by atoms with Crippen LogP contribution in [0.4, 0.5) is 0 Å². The molecule has 0 bridgehead atoms. The summed E-state index contributed by atoms with van der Waals surface area (Å²) < 4.78 is 1.71. The molecule has 121 valence electrons. The number of para-hydroxylation sites is 1. The van der Waals surface area contributed by atoms with Crippen LogP contribution in [-0.2, 0) is 44.0 Å². The number of hydrogen-bond acceptors (Lipinski definition) is 3. The van der Waals surface area contributed by atoms with Crippen LogP contribution in [0.3, 0.4) is 0 Å². The molecule has 0 amide bonds. The third-order valence-corrected chi connectivity index (χ3v) is 4.20. The van der Waals surface area contributed by atoms with Gasteiger partial charge in [0.2, 0.25) is 0 Å². The fourth-order valence-corrected chi connectivity index (χ4v) is 2.98. The van der Waals surface area contributed by atoms with E-state index in [-0.39, 0.29) is 44.2 Å². The van der Waals surface area contributed by atoms with Crippen molar-refractivity contribution in [2.75, 3.05) is 0 Å². The summed E-state index contributed by atoms with van der Waals surface area (Å²) in [6.45, 7) is 4.70. The second kappa shape index (κ2) is 10.1. The Bertz CT molecular complexity index is 676. The topological polar surface area (TPSA) is 52.0 Å². The van der Waals surface area contributed by atoms with Crippen LogP contribution in [0.5, 0.6) is 0 Å². The number of carbonyl (C=O) groups excluding carboxylic acids is 1.